The molecule has 1 rings (SSSR count). The number of nitro benzene ring substituents is 1. The standard InChI is InChI=1S/C10H10INO4.K/c1-2-16-10(13)5-7-3-4-8(11)6-9(7)12(14)15;/h3-4,6H,2,5H2,1H3;. The van der Waals surface area contributed by atoms with Crippen LogP contribution in [-0.4, -0.2) is 68.9 Å². The zero-order valence-electron chi connectivity index (χ0n) is 9.60. The van der Waals surface area contributed by atoms with Crippen LogP contribution in [0.3, 0.4) is 0 Å². The van der Waals surface area contributed by atoms with E-state index in [1.54, 1.807) is 19.1 Å². The molecule has 0 amide bonds. The summed E-state index contributed by atoms with van der Waals surface area (Å²) in [7, 11) is 0. The van der Waals surface area contributed by atoms with Crippen LogP contribution in [0.1, 0.15) is 12.5 Å². The number of nitrogens with zero attached hydrogens (tertiary/aromatic N) is 1. The molecule has 1 aromatic rings. The Bertz CT molecular complexity index is 425. The summed E-state index contributed by atoms with van der Waals surface area (Å²) in [6, 6.07) is 4.74. The average molecular weight is 374 g/mol. The molecule has 7 heteroatoms. The van der Waals surface area contributed by atoms with Crippen LogP contribution in [0, 0.1) is 13.7 Å². The van der Waals surface area contributed by atoms with Crippen LogP contribution < -0.4 is 0 Å². The second kappa shape index (κ2) is 8.54. The molecule has 0 aliphatic heterocycles. The number of halogens is 1. The molecule has 0 spiro atoms. The summed E-state index contributed by atoms with van der Waals surface area (Å²) in [5, 5.41) is 10.8. The zero-order valence-corrected chi connectivity index (χ0v) is 14.9. The van der Waals surface area contributed by atoms with Gasteiger partial charge in [0.1, 0.15) is 0 Å². The smallest absolute Gasteiger partial charge is 0.310 e. The first kappa shape index (κ1) is 17.5. The number of hydrogen-bond acceptors (Lipinski definition) is 4. The first-order chi connectivity index (χ1) is 7.54. The van der Waals surface area contributed by atoms with Gasteiger partial charge in [0, 0.05) is 66.6 Å². The van der Waals surface area contributed by atoms with E-state index in [1.807, 2.05) is 22.6 Å². The van der Waals surface area contributed by atoms with Crippen LogP contribution in [-0.2, 0) is 16.0 Å². The van der Waals surface area contributed by atoms with Gasteiger partial charge in [-0.3, -0.25) is 14.9 Å². The van der Waals surface area contributed by atoms with E-state index in [2.05, 4.69) is 0 Å². The summed E-state index contributed by atoms with van der Waals surface area (Å²) < 4.78 is 5.51. The SMILES string of the molecule is CCOC(=O)Cc1ccc(I)cc1[N+](=O)[O-].[K]. The van der Waals surface area contributed by atoms with Crippen molar-refractivity contribution in [3.8, 4) is 0 Å². The van der Waals surface area contributed by atoms with Gasteiger partial charge in [0.05, 0.1) is 18.0 Å². The third-order valence-electron chi connectivity index (χ3n) is 1.88. The maximum atomic E-state index is 11.2. The first-order valence-corrected chi connectivity index (χ1v) is 5.71. The van der Waals surface area contributed by atoms with Crippen LogP contribution in [0.2, 0.25) is 0 Å². The molecule has 0 heterocycles. The third-order valence-corrected chi connectivity index (χ3v) is 2.56. The summed E-state index contributed by atoms with van der Waals surface area (Å²) in [4.78, 5) is 21.5. The van der Waals surface area contributed by atoms with E-state index in [9.17, 15) is 14.9 Å². The molecular formula is C10H10IKNO4. The first-order valence-electron chi connectivity index (χ1n) is 4.63. The van der Waals surface area contributed by atoms with Gasteiger partial charge >= 0.3 is 5.97 Å². The number of benzene rings is 1. The van der Waals surface area contributed by atoms with Gasteiger partial charge in [-0.1, -0.05) is 6.07 Å². The molecule has 1 radical (unpaired) electrons. The number of nitro groups is 1. The topological polar surface area (TPSA) is 69.4 Å². The van der Waals surface area contributed by atoms with Crippen LogP contribution in [0.25, 0.3) is 0 Å². The Morgan fingerprint density at radius 2 is 2.18 bits per heavy atom. The molecule has 87 valence electrons. The van der Waals surface area contributed by atoms with E-state index < -0.39 is 10.9 Å². The zero-order chi connectivity index (χ0) is 12.1. The monoisotopic (exact) mass is 374 g/mol. The molecule has 0 bridgehead atoms. The number of carbonyl (C=O) groups is 1. The van der Waals surface area contributed by atoms with E-state index in [0.717, 1.165) is 3.57 Å². The maximum Gasteiger partial charge on any atom is 0.310 e. The average Bonchev–Trinajstić information content (AvgIpc) is 2.20. The molecule has 0 saturated carbocycles. The molecule has 5 nitrogen and oxygen atoms in total. The van der Waals surface area contributed by atoms with Crippen molar-refractivity contribution < 1.29 is 14.5 Å². The molecule has 0 aliphatic carbocycles. The van der Waals surface area contributed by atoms with Crippen LogP contribution in [0.5, 0.6) is 0 Å². The molecule has 0 atom stereocenters. The van der Waals surface area contributed by atoms with Crippen molar-refractivity contribution in [2.24, 2.45) is 0 Å². The third kappa shape index (κ3) is 5.75. The van der Waals surface area contributed by atoms with Crippen molar-refractivity contribution >= 4 is 85.6 Å². The van der Waals surface area contributed by atoms with Crippen molar-refractivity contribution in [3.63, 3.8) is 0 Å². The fourth-order valence-corrected chi connectivity index (χ4v) is 1.70. The molecule has 0 N–H and O–H groups in total. The van der Waals surface area contributed by atoms with Crippen molar-refractivity contribution in [3.05, 3.63) is 37.4 Å². The fraction of sp³-hybridized carbons (Fsp3) is 0.300. The molecule has 0 aliphatic rings. The minimum absolute atomic E-state index is 0. The van der Waals surface area contributed by atoms with E-state index in [1.165, 1.54) is 6.07 Å². The quantitative estimate of drug-likeness (QED) is 0.266. The minimum atomic E-state index is -0.489. The number of hydrogen-bond donors (Lipinski definition) is 0. The Hall–Kier alpha value is 0.456. The Morgan fingerprint density at radius 1 is 1.53 bits per heavy atom. The summed E-state index contributed by atoms with van der Waals surface area (Å²) in [6.07, 6.45) is -0.0684. The van der Waals surface area contributed by atoms with Gasteiger partial charge in [-0.2, -0.15) is 0 Å². The molecular weight excluding hydrogens is 364 g/mol. The van der Waals surface area contributed by atoms with Crippen molar-refractivity contribution in [2.45, 2.75) is 13.3 Å². The van der Waals surface area contributed by atoms with Gasteiger partial charge in [0.15, 0.2) is 0 Å². The largest absolute Gasteiger partial charge is 0.466 e. The maximum absolute atomic E-state index is 11.2. The second-order valence-corrected chi connectivity index (χ2v) is 4.26. The van der Waals surface area contributed by atoms with Gasteiger partial charge in [0.25, 0.3) is 5.69 Å². The van der Waals surface area contributed by atoms with E-state index >= 15 is 0 Å². The predicted octanol–water partition coefficient (Wildman–Crippen LogP) is 1.92. The van der Waals surface area contributed by atoms with Gasteiger partial charge in [-0.15, -0.1) is 0 Å². The summed E-state index contributed by atoms with van der Waals surface area (Å²) >= 11 is 1.99. The van der Waals surface area contributed by atoms with Gasteiger partial charge in [0.2, 0.25) is 0 Å². The van der Waals surface area contributed by atoms with Crippen LogP contribution >= 0.6 is 22.6 Å². The molecule has 0 aromatic heterocycles. The van der Waals surface area contributed by atoms with E-state index in [0.29, 0.717) is 5.56 Å². The Balaban J connectivity index is 0.00000256. The Morgan fingerprint density at radius 3 is 2.71 bits per heavy atom. The molecule has 0 unspecified atom stereocenters. The molecule has 17 heavy (non-hydrogen) atoms. The molecule has 0 saturated heterocycles. The summed E-state index contributed by atoms with van der Waals surface area (Å²) in [6.45, 7) is 1.97. The van der Waals surface area contributed by atoms with Gasteiger partial charge in [-0.05, 0) is 35.6 Å². The second-order valence-electron chi connectivity index (χ2n) is 3.01. The van der Waals surface area contributed by atoms with Gasteiger partial charge < -0.3 is 4.74 Å². The normalized spacial score (nSPS) is 9.29. The molecule has 1 aromatic carbocycles. The number of ether oxygens (including phenoxy) is 1. The van der Waals surface area contributed by atoms with Crippen molar-refractivity contribution in [1.82, 2.24) is 0 Å². The van der Waals surface area contributed by atoms with Crippen LogP contribution in [0.15, 0.2) is 18.2 Å². The number of rotatable bonds is 4. The minimum Gasteiger partial charge on any atom is -0.466 e. The van der Waals surface area contributed by atoms with Crippen molar-refractivity contribution in [2.75, 3.05) is 6.61 Å². The van der Waals surface area contributed by atoms with Crippen molar-refractivity contribution in [1.29, 1.82) is 0 Å². The molecule has 0 fully saturated rings. The Labute approximate surface area is 155 Å². The summed E-state index contributed by atoms with van der Waals surface area (Å²) in [5.74, 6) is -0.452. The summed E-state index contributed by atoms with van der Waals surface area (Å²) in [5.41, 5.74) is 0.337. The van der Waals surface area contributed by atoms with E-state index in [-0.39, 0.29) is 70.1 Å². The van der Waals surface area contributed by atoms with Gasteiger partial charge in [-0.25, -0.2) is 0 Å². The Kier molecular flexibility index (Phi) is 8.77. The predicted molar refractivity (Wildman–Crippen MR) is 71.9 cm³/mol. The number of carbonyl (C=O) groups excluding carboxylic acids is 1. The number of esters is 1. The fourth-order valence-electron chi connectivity index (χ4n) is 1.22. The van der Waals surface area contributed by atoms with Crippen LogP contribution in [0.4, 0.5) is 5.69 Å². The van der Waals surface area contributed by atoms with E-state index in [4.69, 9.17) is 4.74 Å².